The van der Waals surface area contributed by atoms with Crippen LogP contribution in [0.1, 0.15) is 18.7 Å². The summed E-state index contributed by atoms with van der Waals surface area (Å²) in [6.45, 7) is 1.38. The molecule has 122 valence electrons. The Hall–Kier alpha value is -1.94. The van der Waals surface area contributed by atoms with Gasteiger partial charge in [-0.25, -0.2) is 0 Å². The lowest BCUT2D eigenvalue weighted by Crippen LogP contribution is -2.38. The second-order valence-electron chi connectivity index (χ2n) is 4.93. The van der Waals surface area contributed by atoms with Crippen LogP contribution in [-0.2, 0) is 11.2 Å². The van der Waals surface area contributed by atoms with E-state index >= 15 is 0 Å². The Morgan fingerprint density at radius 1 is 1.50 bits per heavy atom. The average molecular weight is 312 g/mol. The molecule has 0 saturated heterocycles. The van der Waals surface area contributed by atoms with Crippen molar-refractivity contribution in [1.29, 1.82) is 0 Å². The molecule has 22 heavy (non-hydrogen) atoms. The van der Waals surface area contributed by atoms with Gasteiger partial charge in [-0.2, -0.15) is 4.98 Å². The van der Waals surface area contributed by atoms with Crippen molar-refractivity contribution in [1.82, 2.24) is 14.5 Å². The molecule has 0 bridgehead atoms. The Labute approximate surface area is 126 Å². The molecule has 0 aliphatic rings. The number of rotatable bonds is 6. The topological polar surface area (TPSA) is 147 Å². The molecule has 0 aromatic carbocycles. The zero-order valence-corrected chi connectivity index (χ0v) is 12.4. The number of anilines is 1. The third kappa shape index (κ3) is 2.71. The van der Waals surface area contributed by atoms with Gasteiger partial charge in [-0.1, -0.05) is 6.92 Å². The quantitative estimate of drug-likeness (QED) is 0.447. The summed E-state index contributed by atoms with van der Waals surface area (Å²) in [5, 5.41) is 29.9. The number of nitrogens with one attached hydrogen (secondary N) is 1. The zero-order chi connectivity index (χ0) is 16.4. The third-order valence-corrected chi connectivity index (χ3v) is 3.61. The largest absolute Gasteiger partial charge is 0.394 e. The van der Waals surface area contributed by atoms with E-state index in [1.807, 2.05) is 6.92 Å². The SMILES string of the molecule is CCc1cn([C@H](O)[C@H](O)[C@@H](CO)OC)c2nc(N)[nH]c(=O)c12. The van der Waals surface area contributed by atoms with Crippen LogP contribution in [-0.4, -0.2) is 55.8 Å². The third-order valence-electron chi connectivity index (χ3n) is 3.61. The predicted octanol–water partition coefficient (Wildman–Crippen LogP) is -1.27. The molecular formula is C13H20N4O5. The summed E-state index contributed by atoms with van der Waals surface area (Å²) in [7, 11) is 1.31. The highest BCUT2D eigenvalue weighted by atomic mass is 16.5. The Kier molecular flexibility index (Phi) is 4.81. The maximum absolute atomic E-state index is 12.0. The van der Waals surface area contributed by atoms with E-state index in [2.05, 4.69) is 9.97 Å². The molecule has 9 heteroatoms. The number of nitrogens with two attached hydrogens (primary N) is 1. The standard InChI is InChI=1S/C13H20N4O5/c1-3-6-4-17(12(21)9(19)7(5-18)22-2)10-8(6)11(20)16-13(14)15-10/h4,7,9,12,18-19,21H,3,5H2,1-2H3,(H3,14,15,16,20)/t7-,9-,12-/m1/s1. The lowest BCUT2D eigenvalue weighted by atomic mass is 10.2. The maximum atomic E-state index is 12.0. The van der Waals surface area contributed by atoms with Crippen LogP contribution < -0.4 is 11.3 Å². The smallest absolute Gasteiger partial charge is 0.262 e. The molecule has 2 heterocycles. The fourth-order valence-corrected chi connectivity index (χ4v) is 2.40. The summed E-state index contributed by atoms with van der Waals surface area (Å²) >= 11 is 0. The molecule has 9 nitrogen and oxygen atoms in total. The Balaban J connectivity index is 2.58. The summed E-state index contributed by atoms with van der Waals surface area (Å²) in [5.41, 5.74) is 5.96. The summed E-state index contributed by atoms with van der Waals surface area (Å²) in [4.78, 5) is 18.5. The number of methoxy groups -OCH3 is 1. The molecule has 3 atom stereocenters. The van der Waals surface area contributed by atoms with Gasteiger partial charge in [-0.3, -0.25) is 9.78 Å². The summed E-state index contributed by atoms with van der Waals surface area (Å²) in [6, 6.07) is 0. The van der Waals surface area contributed by atoms with Crippen LogP contribution in [0.3, 0.4) is 0 Å². The first-order chi connectivity index (χ1) is 10.4. The van der Waals surface area contributed by atoms with E-state index < -0.39 is 30.6 Å². The van der Waals surface area contributed by atoms with Crippen molar-refractivity contribution in [3.63, 3.8) is 0 Å². The number of aliphatic hydroxyl groups excluding tert-OH is 3. The molecule has 2 aromatic heterocycles. The summed E-state index contributed by atoms with van der Waals surface area (Å²) < 4.78 is 6.17. The molecule has 0 saturated carbocycles. The van der Waals surface area contributed by atoms with Gasteiger partial charge in [-0.15, -0.1) is 0 Å². The van der Waals surface area contributed by atoms with Gasteiger partial charge in [-0.05, 0) is 12.0 Å². The molecule has 0 radical (unpaired) electrons. The highest BCUT2D eigenvalue weighted by molar-refractivity contribution is 5.80. The fourth-order valence-electron chi connectivity index (χ4n) is 2.40. The minimum Gasteiger partial charge on any atom is -0.394 e. The van der Waals surface area contributed by atoms with Gasteiger partial charge in [0.15, 0.2) is 11.9 Å². The van der Waals surface area contributed by atoms with E-state index in [9.17, 15) is 15.0 Å². The summed E-state index contributed by atoms with van der Waals surface area (Å²) in [5.74, 6) is -0.0911. The van der Waals surface area contributed by atoms with Crippen molar-refractivity contribution in [2.45, 2.75) is 31.8 Å². The van der Waals surface area contributed by atoms with E-state index in [4.69, 9.17) is 15.6 Å². The number of aryl methyl sites for hydroxylation is 1. The Morgan fingerprint density at radius 2 is 2.18 bits per heavy atom. The second-order valence-corrected chi connectivity index (χ2v) is 4.93. The molecule has 0 aliphatic heterocycles. The molecule has 0 amide bonds. The van der Waals surface area contributed by atoms with Gasteiger partial charge in [0, 0.05) is 13.3 Å². The Bertz CT molecular complexity index is 706. The van der Waals surface area contributed by atoms with Crippen LogP contribution in [0.25, 0.3) is 11.0 Å². The number of nitrogen functional groups attached to an aromatic ring is 1. The van der Waals surface area contributed by atoms with Crippen molar-refractivity contribution < 1.29 is 20.1 Å². The monoisotopic (exact) mass is 312 g/mol. The second kappa shape index (κ2) is 6.44. The number of ether oxygens (including phenoxy) is 1. The maximum Gasteiger partial charge on any atom is 0.262 e. The van der Waals surface area contributed by atoms with Crippen LogP contribution >= 0.6 is 0 Å². The number of aromatic amines is 1. The molecular weight excluding hydrogens is 292 g/mol. The van der Waals surface area contributed by atoms with Gasteiger partial charge in [0.1, 0.15) is 12.2 Å². The van der Waals surface area contributed by atoms with Crippen LogP contribution in [0.15, 0.2) is 11.0 Å². The zero-order valence-electron chi connectivity index (χ0n) is 12.4. The normalized spacial score (nSPS) is 15.9. The number of H-pyrrole nitrogens is 1. The minimum absolute atomic E-state index is 0.0911. The molecule has 6 N–H and O–H groups in total. The highest BCUT2D eigenvalue weighted by Gasteiger charge is 2.29. The number of aromatic nitrogens is 3. The first-order valence-electron chi connectivity index (χ1n) is 6.83. The first-order valence-corrected chi connectivity index (χ1v) is 6.83. The van der Waals surface area contributed by atoms with Crippen molar-refractivity contribution in [3.8, 4) is 0 Å². The number of nitrogens with zero attached hydrogens (tertiary/aromatic N) is 2. The first kappa shape index (κ1) is 16.4. The number of hydrogen-bond donors (Lipinski definition) is 5. The van der Waals surface area contributed by atoms with E-state index in [0.717, 1.165) is 0 Å². The minimum atomic E-state index is -1.45. The van der Waals surface area contributed by atoms with Crippen LogP contribution in [0.2, 0.25) is 0 Å². The van der Waals surface area contributed by atoms with E-state index in [1.165, 1.54) is 17.9 Å². The summed E-state index contributed by atoms with van der Waals surface area (Å²) in [6.07, 6.45) is -1.76. The van der Waals surface area contributed by atoms with Crippen molar-refractivity contribution >= 4 is 17.0 Å². The Morgan fingerprint density at radius 3 is 2.73 bits per heavy atom. The number of aliphatic hydroxyl groups is 3. The number of hydrogen-bond acceptors (Lipinski definition) is 7. The molecule has 0 fully saturated rings. The van der Waals surface area contributed by atoms with Gasteiger partial charge in [0.25, 0.3) is 5.56 Å². The molecule has 0 aliphatic carbocycles. The van der Waals surface area contributed by atoms with Gasteiger partial charge in [0.2, 0.25) is 5.95 Å². The van der Waals surface area contributed by atoms with E-state index in [0.29, 0.717) is 17.4 Å². The van der Waals surface area contributed by atoms with Crippen LogP contribution in [0, 0.1) is 0 Å². The lowest BCUT2D eigenvalue weighted by molar-refractivity contribution is -0.115. The molecule has 2 rings (SSSR count). The molecule has 0 unspecified atom stereocenters. The molecule has 2 aromatic rings. The van der Waals surface area contributed by atoms with Crippen molar-refractivity contribution in [2.24, 2.45) is 0 Å². The van der Waals surface area contributed by atoms with Crippen LogP contribution in [0.4, 0.5) is 5.95 Å². The van der Waals surface area contributed by atoms with Gasteiger partial charge in [0.05, 0.1) is 12.0 Å². The number of fused-ring (bicyclic) bond motifs is 1. The van der Waals surface area contributed by atoms with E-state index in [1.54, 1.807) is 0 Å². The lowest BCUT2D eigenvalue weighted by Gasteiger charge is -2.25. The predicted molar refractivity (Wildman–Crippen MR) is 79.3 cm³/mol. The molecule has 0 spiro atoms. The fraction of sp³-hybridized carbons (Fsp3) is 0.538. The van der Waals surface area contributed by atoms with E-state index in [-0.39, 0.29) is 11.6 Å². The van der Waals surface area contributed by atoms with Gasteiger partial charge < -0.3 is 30.4 Å². The highest BCUT2D eigenvalue weighted by Crippen LogP contribution is 2.23. The van der Waals surface area contributed by atoms with Gasteiger partial charge >= 0.3 is 0 Å². The van der Waals surface area contributed by atoms with Crippen molar-refractivity contribution in [3.05, 3.63) is 22.1 Å². The van der Waals surface area contributed by atoms with Crippen LogP contribution in [0.5, 0.6) is 0 Å². The van der Waals surface area contributed by atoms with Crippen molar-refractivity contribution in [2.75, 3.05) is 19.5 Å². The average Bonchev–Trinajstić information content (AvgIpc) is 2.86.